The fraction of sp³-hybridized carbons (Fsp3) is 0.417. The van der Waals surface area contributed by atoms with Crippen molar-refractivity contribution < 1.29 is 4.79 Å². The molecule has 1 aliphatic carbocycles. The molecule has 68 valence electrons. The predicted octanol–water partition coefficient (Wildman–Crippen LogP) is 2.87. The number of carbonyl (C=O) groups is 1. The van der Waals surface area contributed by atoms with Gasteiger partial charge in [0, 0.05) is 5.92 Å². The van der Waals surface area contributed by atoms with E-state index in [1.54, 1.807) is 0 Å². The fourth-order valence-electron chi connectivity index (χ4n) is 1.57. The summed E-state index contributed by atoms with van der Waals surface area (Å²) in [4.78, 5) is 10.5. The summed E-state index contributed by atoms with van der Waals surface area (Å²) < 4.78 is 0. The van der Waals surface area contributed by atoms with Gasteiger partial charge in [-0.1, -0.05) is 31.2 Å². The molecule has 1 atom stereocenters. The first-order valence-corrected chi connectivity index (χ1v) is 4.86. The Labute approximate surface area is 78.8 Å². The van der Waals surface area contributed by atoms with E-state index in [-0.39, 0.29) is 5.92 Å². The van der Waals surface area contributed by atoms with Crippen molar-refractivity contribution in [3.63, 3.8) is 0 Å². The van der Waals surface area contributed by atoms with Gasteiger partial charge in [0.2, 0.25) is 0 Å². The average molecular weight is 174 g/mol. The summed E-state index contributed by atoms with van der Waals surface area (Å²) in [6, 6.07) is 8.47. The van der Waals surface area contributed by atoms with E-state index in [0.717, 1.165) is 17.8 Å². The van der Waals surface area contributed by atoms with E-state index in [0.29, 0.717) is 0 Å². The first-order valence-electron chi connectivity index (χ1n) is 4.86. The highest BCUT2D eigenvalue weighted by Crippen LogP contribution is 2.40. The molecule has 13 heavy (non-hydrogen) atoms. The lowest BCUT2D eigenvalue weighted by Gasteiger charge is -2.04. The molecular formula is C12H14O. The third-order valence-corrected chi connectivity index (χ3v) is 2.72. The van der Waals surface area contributed by atoms with Crippen LogP contribution in [0.1, 0.15) is 42.7 Å². The lowest BCUT2D eigenvalue weighted by molar-refractivity contribution is -0.108. The number of rotatable bonds is 3. The van der Waals surface area contributed by atoms with Crippen LogP contribution in [0.5, 0.6) is 0 Å². The minimum atomic E-state index is 0.0354. The maximum atomic E-state index is 10.5. The zero-order valence-corrected chi connectivity index (χ0v) is 7.86. The van der Waals surface area contributed by atoms with Gasteiger partial charge in [0.05, 0.1) is 0 Å². The van der Waals surface area contributed by atoms with Crippen molar-refractivity contribution in [1.29, 1.82) is 0 Å². The fourth-order valence-corrected chi connectivity index (χ4v) is 1.57. The van der Waals surface area contributed by atoms with Crippen molar-refractivity contribution in [2.45, 2.75) is 31.6 Å². The van der Waals surface area contributed by atoms with Crippen LogP contribution in [0.25, 0.3) is 0 Å². The van der Waals surface area contributed by atoms with Gasteiger partial charge in [0.15, 0.2) is 0 Å². The molecule has 1 aromatic carbocycles. The van der Waals surface area contributed by atoms with Crippen LogP contribution >= 0.6 is 0 Å². The second kappa shape index (κ2) is 3.33. The molecule has 2 rings (SSSR count). The quantitative estimate of drug-likeness (QED) is 0.644. The zero-order valence-electron chi connectivity index (χ0n) is 7.86. The second-order valence-electron chi connectivity index (χ2n) is 3.87. The molecule has 1 fully saturated rings. The number of benzene rings is 1. The van der Waals surface area contributed by atoms with E-state index in [2.05, 4.69) is 24.3 Å². The highest BCUT2D eigenvalue weighted by molar-refractivity contribution is 5.61. The minimum absolute atomic E-state index is 0.0354. The monoisotopic (exact) mass is 174 g/mol. The molecule has 0 aromatic heterocycles. The lowest BCUT2D eigenvalue weighted by atomic mass is 10.00. The minimum Gasteiger partial charge on any atom is -0.303 e. The standard InChI is InChI=1S/C12H14O/c1-9(8-13)10-2-4-11(5-3-10)12-6-7-12/h2-5,8-9,12H,6-7H2,1H3. The van der Waals surface area contributed by atoms with Gasteiger partial charge in [0.25, 0.3) is 0 Å². The molecular weight excluding hydrogens is 160 g/mol. The molecule has 0 amide bonds. The molecule has 0 N–H and O–H groups in total. The summed E-state index contributed by atoms with van der Waals surface area (Å²) >= 11 is 0. The molecule has 1 unspecified atom stereocenters. The third-order valence-electron chi connectivity index (χ3n) is 2.72. The van der Waals surface area contributed by atoms with Crippen molar-refractivity contribution in [3.05, 3.63) is 35.4 Å². The Morgan fingerprint density at radius 3 is 2.38 bits per heavy atom. The largest absolute Gasteiger partial charge is 0.303 e. The number of aldehydes is 1. The van der Waals surface area contributed by atoms with Gasteiger partial charge >= 0.3 is 0 Å². The Kier molecular flexibility index (Phi) is 2.17. The van der Waals surface area contributed by atoms with Gasteiger partial charge in [-0.15, -0.1) is 0 Å². The van der Waals surface area contributed by atoms with Crippen LogP contribution in [0.3, 0.4) is 0 Å². The van der Waals surface area contributed by atoms with Crippen molar-refractivity contribution >= 4 is 6.29 Å². The zero-order chi connectivity index (χ0) is 9.26. The molecule has 1 aromatic rings. The number of hydrogen-bond donors (Lipinski definition) is 0. The molecule has 0 saturated heterocycles. The maximum absolute atomic E-state index is 10.5. The van der Waals surface area contributed by atoms with E-state index in [4.69, 9.17) is 0 Å². The molecule has 0 radical (unpaired) electrons. The van der Waals surface area contributed by atoms with Gasteiger partial charge in [0.1, 0.15) is 6.29 Å². The molecule has 1 saturated carbocycles. The highest BCUT2D eigenvalue weighted by Gasteiger charge is 2.23. The van der Waals surface area contributed by atoms with Crippen molar-refractivity contribution in [2.75, 3.05) is 0 Å². The predicted molar refractivity (Wildman–Crippen MR) is 52.9 cm³/mol. The van der Waals surface area contributed by atoms with Crippen LogP contribution < -0.4 is 0 Å². The van der Waals surface area contributed by atoms with Crippen LogP contribution in [0.15, 0.2) is 24.3 Å². The summed E-state index contributed by atoms with van der Waals surface area (Å²) in [6.07, 6.45) is 3.66. The van der Waals surface area contributed by atoms with E-state index < -0.39 is 0 Å². The maximum Gasteiger partial charge on any atom is 0.127 e. The first kappa shape index (κ1) is 8.49. The van der Waals surface area contributed by atoms with Crippen LogP contribution in [0.4, 0.5) is 0 Å². The lowest BCUT2D eigenvalue weighted by Crippen LogP contribution is -1.93. The Hall–Kier alpha value is -1.11. The average Bonchev–Trinajstić information content (AvgIpc) is 3.00. The molecule has 0 aliphatic heterocycles. The Balaban J connectivity index is 2.17. The first-order chi connectivity index (χ1) is 6.31. The van der Waals surface area contributed by atoms with Crippen LogP contribution in [0, 0.1) is 0 Å². The van der Waals surface area contributed by atoms with E-state index in [1.165, 1.54) is 18.4 Å². The summed E-state index contributed by atoms with van der Waals surface area (Å²) in [5, 5.41) is 0. The molecule has 1 heteroatoms. The number of hydrogen-bond acceptors (Lipinski definition) is 1. The van der Waals surface area contributed by atoms with Gasteiger partial charge in [-0.3, -0.25) is 0 Å². The molecule has 1 nitrogen and oxygen atoms in total. The summed E-state index contributed by atoms with van der Waals surface area (Å²) in [5.74, 6) is 0.842. The highest BCUT2D eigenvalue weighted by atomic mass is 16.1. The van der Waals surface area contributed by atoms with Crippen molar-refractivity contribution in [3.8, 4) is 0 Å². The molecule has 0 spiro atoms. The summed E-state index contributed by atoms with van der Waals surface area (Å²) in [6.45, 7) is 1.93. The Bertz CT molecular complexity index is 295. The van der Waals surface area contributed by atoms with Gasteiger partial charge in [-0.25, -0.2) is 0 Å². The SMILES string of the molecule is CC(C=O)c1ccc(C2CC2)cc1. The summed E-state index contributed by atoms with van der Waals surface area (Å²) in [5.41, 5.74) is 2.56. The van der Waals surface area contributed by atoms with E-state index in [9.17, 15) is 4.79 Å². The molecule has 1 aliphatic rings. The topological polar surface area (TPSA) is 17.1 Å². The Morgan fingerprint density at radius 2 is 1.92 bits per heavy atom. The molecule has 0 heterocycles. The van der Waals surface area contributed by atoms with E-state index >= 15 is 0 Å². The third kappa shape index (κ3) is 1.80. The second-order valence-corrected chi connectivity index (χ2v) is 3.87. The van der Waals surface area contributed by atoms with Crippen molar-refractivity contribution in [1.82, 2.24) is 0 Å². The van der Waals surface area contributed by atoms with Gasteiger partial charge in [-0.05, 0) is 29.9 Å². The Morgan fingerprint density at radius 1 is 1.31 bits per heavy atom. The van der Waals surface area contributed by atoms with Crippen LogP contribution in [-0.4, -0.2) is 6.29 Å². The summed E-state index contributed by atoms with van der Waals surface area (Å²) in [7, 11) is 0. The van der Waals surface area contributed by atoms with Crippen LogP contribution in [0.2, 0.25) is 0 Å². The van der Waals surface area contributed by atoms with Gasteiger partial charge < -0.3 is 4.79 Å². The van der Waals surface area contributed by atoms with Gasteiger partial charge in [-0.2, -0.15) is 0 Å². The normalized spacial score (nSPS) is 18.2. The van der Waals surface area contributed by atoms with Crippen molar-refractivity contribution in [2.24, 2.45) is 0 Å². The van der Waals surface area contributed by atoms with E-state index in [1.807, 2.05) is 6.92 Å². The van der Waals surface area contributed by atoms with Crippen LogP contribution in [-0.2, 0) is 4.79 Å². The molecule has 0 bridgehead atoms. The smallest absolute Gasteiger partial charge is 0.127 e. The number of carbonyl (C=O) groups excluding carboxylic acids is 1.